The molecule has 0 aliphatic carbocycles. The van der Waals surface area contributed by atoms with Gasteiger partial charge in [0.05, 0.1) is 11.6 Å². The van der Waals surface area contributed by atoms with Gasteiger partial charge in [-0.3, -0.25) is 9.69 Å². The van der Waals surface area contributed by atoms with Crippen LogP contribution in [-0.4, -0.2) is 22.6 Å². The van der Waals surface area contributed by atoms with Crippen molar-refractivity contribution in [1.29, 1.82) is 5.26 Å². The smallest absolute Gasteiger partial charge is 0.258 e. The van der Waals surface area contributed by atoms with Crippen molar-refractivity contribution in [2.75, 3.05) is 13.1 Å². The Morgan fingerprint density at radius 1 is 1.23 bits per heavy atom. The maximum absolute atomic E-state index is 12.7. The van der Waals surface area contributed by atoms with E-state index in [1.54, 1.807) is 0 Å². The molecule has 26 heavy (non-hydrogen) atoms. The van der Waals surface area contributed by atoms with Crippen molar-refractivity contribution in [2.24, 2.45) is 5.92 Å². The van der Waals surface area contributed by atoms with E-state index in [2.05, 4.69) is 23.1 Å². The highest BCUT2D eigenvalue weighted by Crippen LogP contribution is 2.35. The fourth-order valence-electron chi connectivity index (χ4n) is 4.49. The number of benzene rings is 1. The first-order valence-electron chi connectivity index (χ1n) is 9.25. The minimum Gasteiger partial charge on any atom is -0.311 e. The largest absolute Gasteiger partial charge is 0.311 e. The van der Waals surface area contributed by atoms with Crippen molar-refractivity contribution in [1.82, 2.24) is 9.47 Å². The highest BCUT2D eigenvalue weighted by Gasteiger charge is 2.34. The second kappa shape index (κ2) is 6.93. The summed E-state index contributed by atoms with van der Waals surface area (Å²) in [5, 5.41) is 9.09. The summed E-state index contributed by atoms with van der Waals surface area (Å²) >= 11 is 0. The zero-order chi connectivity index (χ0) is 18.1. The Hall–Kier alpha value is -2.64. The summed E-state index contributed by atoms with van der Waals surface area (Å²) < 4.78 is 2.00. The van der Waals surface area contributed by atoms with Crippen LogP contribution in [0.5, 0.6) is 0 Å². The normalized spacial score (nSPS) is 22.2. The van der Waals surface area contributed by atoms with Gasteiger partial charge in [0.2, 0.25) is 0 Å². The fraction of sp³-hybridized carbons (Fsp3) is 0.364. The maximum atomic E-state index is 12.7. The van der Waals surface area contributed by atoms with Crippen LogP contribution in [0, 0.1) is 17.2 Å². The average molecular weight is 345 g/mol. The van der Waals surface area contributed by atoms with Gasteiger partial charge in [-0.1, -0.05) is 24.3 Å². The van der Waals surface area contributed by atoms with Crippen LogP contribution in [0.15, 0.2) is 47.3 Å². The zero-order valence-electron chi connectivity index (χ0n) is 15.1. The fourth-order valence-corrected chi connectivity index (χ4v) is 4.49. The van der Waals surface area contributed by atoms with Crippen molar-refractivity contribution in [3.05, 3.63) is 75.2 Å². The van der Waals surface area contributed by atoms with E-state index in [4.69, 9.17) is 5.26 Å². The van der Waals surface area contributed by atoms with E-state index in [1.165, 1.54) is 11.3 Å². The minimum absolute atomic E-state index is 0.144. The van der Waals surface area contributed by atoms with Crippen LogP contribution < -0.4 is 5.56 Å². The lowest BCUT2D eigenvalue weighted by Gasteiger charge is -2.43. The molecule has 1 fully saturated rings. The number of likely N-dealkylation sites (tertiary alicyclic amines) is 1. The molecule has 0 N–H and O–H groups in total. The molecule has 1 aromatic carbocycles. The Morgan fingerprint density at radius 2 is 2.12 bits per heavy atom. The highest BCUT2D eigenvalue weighted by atomic mass is 16.1. The summed E-state index contributed by atoms with van der Waals surface area (Å²) in [5.41, 5.74) is 4.00. The molecule has 0 radical (unpaired) electrons. The number of piperidine rings is 1. The lowest BCUT2D eigenvalue weighted by Crippen LogP contribution is -2.47. The second-order valence-electron chi connectivity index (χ2n) is 7.43. The van der Waals surface area contributed by atoms with Gasteiger partial charge in [-0.05, 0) is 49.1 Å². The number of pyridine rings is 1. The molecule has 2 aliphatic rings. The summed E-state index contributed by atoms with van der Waals surface area (Å²) in [4.78, 5) is 15.2. The van der Waals surface area contributed by atoms with Crippen molar-refractivity contribution < 1.29 is 0 Å². The third-order valence-electron chi connectivity index (χ3n) is 5.52. The van der Waals surface area contributed by atoms with Gasteiger partial charge in [0, 0.05) is 43.4 Å². The van der Waals surface area contributed by atoms with Crippen molar-refractivity contribution in [3.63, 3.8) is 0 Å². The van der Waals surface area contributed by atoms with Gasteiger partial charge >= 0.3 is 0 Å². The highest BCUT2D eigenvalue weighted by molar-refractivity contribution is 5.48. The number of fused-ring (bicyclic) bond motifs is 4. The zero-order valence-corrected chi connectivity index (χ0v) is 15.1. The molecule has 4 heteroatoms. The van der Waals surface area contributed by atoms with Crippen LogP contribution in [0.25, 0.3) is 6.08 Å². The molecule has 0 saturated carbocycles. The Morgan fingerprint density at radius 3 is 2.92 bits per heavy atom. The number of nitrogens with zero attached hydrogens (tertiary/aromatic N) is 3. The van der Waals surface area contributed by atoms with Crippen molar-refractivity contribution in [2.45, 2.75) is 32.4 Å². The Balaban J connectivity index is 1.58. The summed E-state index contributed by atoms with van der Waals surface area (Å²) in [6.45, 7) is 5.59. The number of aromatic nitrogens is 1. The summed E-state index contributed by atoms with van der Waals surface area (Å²) in [7, 11) is 0. The average Bonchev–Trinajstić information content (AvgIpc) is 2.65. The van der Waals surface area contributed by atoms with E-state index in [0.717, 1.165) is 38.2 Å². The van der Waals surface area contributed by atoms with Crippen LogP contribution in [0.3, 0.4) is 0 Å². The molecule has 2 atom stereocenters. The molecule has 0 amide bonds. The molecule has 2 aliphatic heterocycles. The third kappa shape index (κ3) is 3.11. The lowest BCUT2D eigenvalue weighted by molar-refractivity contribution is 0.114. The number of hydrogen-bond donors (Lipinski definition) is 0. The summed E-state index contributed by atoms with van der Waals surface area (Å²) in [5.74, 6) is 0.924. The Labute approximate surface area is 154 Å². The monoisotopic (exact) mass is 345 g/mol. The third-order valence-corrected chi connectivity index (χ3v) is 5.52. The summed E-state index contributed by atoms with van der Waals surface area (Å²) in [6.07, 6.45) is 4.98. The standard InChI is InChI=1S/C22H23N3O/c1-2-4-19-7-8-21-20-10-18(14-25(21)22(19)26)13-24(15-20)12-17-6-3-5-16(9-17)11-23/h2-9,18,20H,10,12-15H2,1H3. The maximum Gasteiger partial charge on any atom is 0.258 e. The van der Waals surface area contributed by atoms with Gasteiger partial charge in [0.25, 0.3) is 5.56 Å². The minimum atomic E-state index is 0.144. The molecule has 2 bridgehead atoms. The molecule has 2 unspecified atom stereocenters. The van der Waals surface area contributed by atoms with Crippen LogP contribution in [0.2, 0.25) is 0 Å². The van der Waals surface area contributed by atoms with E-state index in [0.29, 0.717) is 17.4 Å². The van der Waals surface area contributed by atoms with Gasteiger partial charge < -0.3 is 4.57 Å². The van der Waals surface area contributed by atoms with Gasteiger partial charge in [0.1, 0.15) is 0 Å². The molecule has 0 spiro atoms. The van der Waals surface area contributed by atoms with Crippen molar-refractivity contribution >= 4 is 6.08 Å². The molecule has 132 valence electrons. The number of allylic oxidation sites excluding steroid dienone is 1. The van der Waals surface area contributed by atoms with Crippen LogP contribution in [0.4, 0.5) is 0 Å². The molecule has 1 saturated heterocycles. The molecule has 4 rings (SSSR count). The van der Waals surface area contributed by atoms with Crippen LogP contribution in [0.1, 0.15) is 41.6 Å². The Bertz CT molecular complexity index is 951. The van der Waals surface area contributed by atoms with Gasteiger partial charge in [-0.2, -0.15) is 5.26 Å². The van der Waals surface area contributed by atoms with Gasteiger partial charge in [-0.15, -0.1) is 0 Å². The van der Waals surface area contributed by atoms with E-state index in [1.807, 2.05) is 47.9 Å². The summed E-state index contributed by atoms with van der Waals surface area (Å²) in [6, 6.07) is 14.2. The van der Waals surface area contributed by atoms with Gasteiger partial charge in [-0.25, -0.2) is 0 Å². The molecular formula is C22H23N3O. The Kier molecular flexibility index (Phi) is 4.48. The predicted octanol–water partition coefficient (Wildman–Crippen LogP) is 3.37. The van der Waals surface area contributed by atoms with Crippen LogP contribution >= 0.6 is 0 Å². The van der Waals surface area contributed by atoms with E-state index < -0.39 is 0 Å². The van der Waals surface area contributed by atoms with Gasteiger partial charge in [0.15, 0.2) is 0 Å². The lowest BCUT2D eigenvalue weighted by atomic mass is 9.82. The molecular weight excluding hydrogens is 322 g/mol. The molecule has 2 aromatic rings. The topological polar surface area (TPSA) is 49.0 Å². The molecule has 3 heterocycles. The first kappa shape index (κ1) is 16.8. The first-order chi connectivity index (χ1) is 12.7. The first-order valence-corrected chi connectivity index (χ1v) is 9.25. The quantitative estimate of drug-likeness (QED) is 0.857. The molecule has 1 aromatic heterocycles. The van der Waals surface area contributed by atoms with E-state index in [-0.39, 0.29) is 5.56 Å². The van der Waals surface area contributed by atoms with E-state index in [9.17, 15) is 4.79 Å². The van der Waals surface area contributed by atoms with Crippen molar-refractivity contribution in [3.8, 4) is 6.07 Å². The number of rotatable bonds is 3. The molecule has 4 nitrogen and oxygen atoms in total. The van der Waals surface area contributed by atoms with Crippen LogP contribution in [-0.2, 0) is 13.1 Å². The second-order valence-corrected chi connectivity index (χ2v) is 7.43. The SMILES string of the molecule is CC=Cc1ccc2n(c1=O)CC1CC2CN(Cc2cccc(C#N)c2)C1. The predicted molar refractivity (Wildman–Crippen MR) is 103 cm³/mol. The van der Waals surface area contributed by atoms with E-state index >= 15 is 0 Å². The number of hydrogen-bond acceptors (Lipinski definition) is 3. The number of nitriles is 1.